The smallest absolute Gasteiger partial charge is 0.374 e. The van der Waals surface area contributed by atoms with Crippen LogP contribution in [0.4, 0.5) is 13.2 Å². The number of unbranched alkanes of at least 4 members (excludes halogenated alkanes) is 5. The predicted octanol–water partition coefficient (Wildman–Crippen LogP) is 6.35. The maximum Gasteiger partial charge on any atom is 0.500 e. The van der Waals surface area contributed by atoms with Crippen LogP contribution in [0.25, 0.3) is 0 Å². The van der Waals surface area contributed by atoms with E-state index in [9.17, 15) is 13.2 Å². The summed E-state index contributed by atoms with van der Waals surface area (Å²) in [5.41, 5.74) is 0. The van der Waals surface area contributed by atoms with E-state index in [-0.39, 0.29) is 0 Å². The summed E-state index contributed by atoms with van der Waals surface area (Å²) in [5, 5.41) is 0. The zero-order valence-electron chi connectivity index (χ0n) is 16.1. The minimum Gasteiger partial charge on any atom is -0.374 e. The van der Waals surface area contributed by atoms with Gasteiger partial charge in [-0.15, -0.1) is 0 Å². The van der Waals surface area contributed by atoms with Crippen LogP contribution in [0.3, 0.4) is 0 Å². The number of alkyl halides is 3. The highest BCUT2D eigenvalue weighted by atomic mass is 28.4. The van der Waals surface area contributed by atoms with E-state index >= 15 is 0 Å². The maximum absolute atomic E-state index is 10.8. The van der Waals surface area contributed by atoms with Crippen LogP contribution in [0.1, 0.15) is 79.6 Å². The molecule has 0 aliphatic carbocycles. The van der Waals surface area contributed by atoms with Crippen LogP contribution >= 0.6 is 0 Å². The van der Waals surface area contributed by atoms with Crippen LogP contribution in [0, 0.1) is 0 Å². The summed E-state index contributed by atoms with van der Waals surface area (Å²) in [5.74, 6) is 0. The molecule has 0 atom stereocenters. The van der Waals surface area contributed by atoms with Crippen LogP contribution in [0.5, 0.6) is 0 Å². The molecule has 0 saturated carbocycles. The van der Waals surface area contributed by atoms with Crippen molar-refractivity contribution >= 4 is 8.80 Å². The highest BCUT2D eigenvalue weighted by Gasteiger charge is 2.39. The number of halogens is 3. The van der Waals surface area contributed by atoms with Crippen molar-refractivity contribution in [3.8, 4) is 0 Å². The van der Waals surface area contributed by atoms with Crippen molar-refractivity contribution in [2.75, 3.05) is 19.8 Å². The molecule has 24 heavy (non-hydrogen) atoms. The van der Waals surface area contributed by atoms with Crippen LogP contribution in [0.2, 0.25) is 6.04 Å². The van der Waals surface area contributed by atoms with Crippen molar-refractivity contribution in [1.29, 1.82) is 0 Å². The van der Waals surface area contributed by atoms with Gasteiger partial charge in [0, 0.05) is 32.3 Å². The molecule has 0 unspecified atom stereocenters. The van der Waals surface area contributed by atoms with E-state index in [1.54, 1.807) is 0 Å². The Morgan fingerprint density at radius 1 is 0.667 bits per heavy atom. The summed E-state index contributed by atoms with van der Waals surface area (Å²) in [7, 11) is -2.36. The van der Waals surface area contributed by atoms with Crippen molar-refractivity contribution in [2.45, 2.75) is 91.8 Å². The second-order valence-corrected chi connectivity index (χ2v) is 8.20. The predicted molar refractivity (Wildman–Crippen MR) is 95.2 cm³/mol. The molecule has 0 N–H and O–H groups in total. The van der Waals surface area contributed by atoms with Gasteiger partial charge in [-0.25, -0.2) is 0 Å². The van der Waals surface area contributed by atoms with Crippen molar-refractivity contribution < 1.29 is 26.4 Å². The van der Waals surface area contributed by atoms with Crippen molar-refractivity contribution in [3.05, 3.63) is 0 Å². The van der Waals surface area contributed by atoms with Gasteiger partial charge in [-0.1, -0.05) is 46.0 Å². The second-order valence-electron chi connectivity index (χ2n) is 5.47. The van der Waals surface area contributed by atoms with E-state index in [1.807, 2.05) is 20.8 Å². The van der Waals surface area contributed by atoms with E-state index < -0.39 is 21.4 Å². The minimum absolute atomic E-state index is 0.683. The highest BCUT2D eigenvalue weighted by Crippen LogP contribution is 2.20. The third kappa shape index (κ3) is 16.7. The molecule has 3 nitrogen and oxygen atoms in total. The van der Waals surface area contributed by atoms with Gasteiger partial charge in [0.15, 0.2) is 0 Å². The Morgan fingerprint density at radius 2 is 1.04 bits per heavy atom. The Morgan fingerprint density at radius 3 is 1.38 bits per heavy atom. The number of hydrogen-bond donors (Lipinski definition) is 0. The minimum atomic E-state index is -3.96. The molecule has 0 aromatic rings. The summed E-state index contributed by atoms with van der Waals surface area (Å²) in [6, 6.07) is 0.967. The first-order valence-electron chi connectivity index (χ1n) is 9.29. The van der Waals surface area contributed by atoms with Gasteiger partial charge in [0.05, 0.1) is 0 Å². The van der Waals surface area contributed by atoms with E-state index in [2.05, 4.69) is 6.92 Å². The van der Waals surface area contributed by atoms with Crippen LogP contribution < -0.4 is 0 Å². The lowest BCUT2D eigenvalue weighted by Gasteiger charge is -2.28. The van der Waals surface area contributed by atoms with E-state index in [0.29, 0.717) is 19.8 Å². The van der Waals surface area contributed by atoms with Crippen molar-refractivity contribution in [2.24, 2.45) is 0 Å². The van der Waals surface area contributed by atoms with Gasteiger partial charge in [-0.05, 0) is 27.2 Å². The molecule has 0 saturated heterocycles. The van der Waals surface area contributed by atoms with E-state index in [4.69, 9.17) is 13.3 Å². The first-order chi connectivity index (χ1) is 11.3. The monoisotopic (exact) mass is 374 g/mol. The summed E-state index contributed by atoms with van der Waals surface area (Å²) >= 11 is 0. The van der Waals surface area contributed by atoms with Crippen LogP contribution in [-0.2, 0) is 13.3 Å². The Bertz CT molecular complexity index is 247. The highest BCUT2D eigenvalue weighted by molar-refractivity contribution is 6.60. The SMILES string of the molecule is CCC(F)(F)F.CCCCCCCC[Si](OCC)(OCC)OCC. The lowest BCUT2D eigenvalue weighted by atomic mass is 10.1. The molecule has 148 valence electrons. The fourth-order valence-corrected chi connectivity index (χ4v) is 4.81. The van der Waals surface area contributed by atoms with Gasteiger partial charge in [0.25, 0.3) is 0 Å². The van der Waals surface area contributed by atoms with Crippen LogP contribution in [-0.4, -0.2) is 34.8 Å². The lowest BCUT2D eigenvalue weighted by Crippen LogP contribution is -2.45. The molecule has 0 aromatic heterocycles. The molecule has 0 heterocycles. The topological polar surface area (TPSA) is 27.7 Å². The van der Waals surface area contributed by atoms with Gasteiger partial charge in [-0.2, -0.15) is 13.2 Å². The molecule has 0 aliphatic rings. The fourth-order valence-electron chi connectivity index (χ4n) is 2.12. The second kappa shape index (κ2) is 16.4. The van der Waals surface area contributed by atoms with Gasteiger partial charge < -0.3 is 13.3 Å². The molecule has 0 spiro atoms. The summed E-state index contributed by atoms with van der Waals surface area (Å²) in [6.07, 6.45) is 3.07. The van der Waals surface area contributed by atoms with Gasteiger partial charge in [0.2, 0.25) is 0 Å². The average Bonchev–Trinajstić information content (AvgIpc) is 2.51. The quantitative estimate of drug-likeness (QED) is 0.277. The first kappa shape index (κ1) is 26.1. The van der Waals surface area contributed by atoms with E-state index in [1.165, 1.54) is 32.1 Å². The van der Waals surface area contributed by atoms with Gasteiger partial charge >= 0.3 is 15.0 Å². The zero-order valence-corrected chi connectivity index (χ0v) is 17.1. The van der Waals surface area contributed by atoms with Crippen LogP contribution in [0.15, 0.2) is 0 Å². The summed E-state index contributed by atoms with van der Waals surface area (Å²) in [6.45, 7) is 11.4. The fraction of sp³-hybridized carbons (Fsp3) is 1.00. The molecule has 0 radical (unpaired) electrons. The van der Waals surface area contributed by atoms with Gasteiger partial charge in [-0.3, -0.25) is 0 Å². The van der Waals surface area contributed by atoms with Gasteiger partial charge in [0.1, 0.15) is 0 Å². The largest absolute Gasteiger partial charge is 0.500 e. The molecule has 0 bridgehead atoms. The first-order valence-corrected chi connectivity index (χ1v) is 11.2. The molecule has 0 amide bonds. The van der Waals surface area contributed by atoms with Crippen molar-refractivity contribution in [1.82, 2.24) is 0 Å². The molecule has 0 rings (SSSR count). The zero-order chi connectivity index (χ0) is 18.9. The normalized spacial score (nSPS) is 12.0. The molecule has 7 heteroatoms. The molecular weight excluding hydrogens is 337 g/mol. The maximum atomic E-state index is 10.8. The van der Waals surface area contributed by atoms with E-state index in [0.717, 1.165) is 19.4 Å². The number of hydrogen-bond acceptors (Lipinski definition) is 3. The number of rotatable bonds is 13. The molecule has 0 aromatic carbocycles. The standard InChI is InChI=1S/C14H32O3Si.C3H5F3/c1-5-9-10-11-12-13-14-18(15-6-2,16-7-3)17-8-4;1-2-3(4,5)6/h5-14H2,1-4H3;2H2,1H3. The lowest BCUT2D eigenvalue weighted by molar-refractivity contribution is -0.130. The summed E-state index contributed by atoms with van der Waals surface area (Å²) < 4.78 is 49.9. The third-order valence-corrected chi connectivity index (χ3v) is 6.48. The molecular formula is C17H37F3O3Si. The third-order valence-electron chi connectivity index (χ3n) is 3.33. The Hall–Kier alpha value is -0.113. The summed E-state index contributed by atoms with van der Waals surface area (Å²) in [4.78, 5) is 0. The average molecular weight is 375 g/mol. The Balaban J connectivity index is 0. The van der Waals surface area contributed by atoms with Crippen molar-refractivity contribution in [3.63, 3.8) is 0 Å². The molecule has 0 fully saturated rings. The Labute approximate surface area is 147 Å². The Kier molecular flexibility index (Phi) is 17.8. The molecule has 0 aliphatic heterocycles.